The van der Waals surface area contributed by atoms with Gasteiger partial charge in [-0.2, -0.15) is 13.2 Å². The number of nitrogens with zero attached hydrogens (tertiary/aromatic N) is 4. The number of anilines is 1. The first-order chi connectivity index (χ1) is 20.0. The molecule has 42 heavy (non-hydrogen) atoms. The summed E-state index contributed by atoms with van der Waals surface area (Å²) in [4.78, 5) is 44.0. The molecular weight excluding hydrogens is 576 g/mol. The molecule has 0 unspecified atom stereocenters. The number of fused-ring (bicyclic) bond motifs is 1. The van der Waals surface area contributed by atoms with E-state index in [-0.39, 0.29) is 30.2 Å². The van der Waals surface area contributed by atoms with Crippen LogP contribution in [-0.4, -0.2) is 63.0 Å². The Morgan fingerprint density at radius 2 is 1.74 bits per heavy atom. The summed E-state index contributed by atoms with van der Waals surface area (Å²) in [7, 11) is 1.78. The fraction of sp³-hybridized carbons (Fsp3) is 0.379. The number of hydrogen-bond donors (Lipinski definition) is 1. The lowest BCUT2D eigenvalue weighted by atomic mass is 10.0. The SMILES string of the molecule is CN(CCC(=O)N1CCc2nc(SC3CCC3)n(-c3ccccc3)c(=O)c2C1)c1ccccc1F.O=C(O)C(F)(F)F. The first kappa shape index (κ1) is 31.1. The summed E-state index contributed by atoms with van der Waals surface area (Å²) < 4.78 is 47.5. The van der Waals surface area contributed by atoms with Gasteiger partial charge in [-0.3, -0.25) is 14.2 Å². The summed E-state index contributed by atoms with van der Waals surface area (Å²) in [6.07, 6.45) is -0.753. The zero-order valence-electron chi connectivity index (χ0n) is 22.8. The number of benzene rings is 2. The van der Waals surface area contributed by atoms with E-state index in [1.165, 1.54) is 12.5 Å². The van der Waals surface area contributed by atoms with E-state index in [1.54, 1.807) is 51.4 Å². The molecule has 2 heterocycles. The minimum absolute atomic E-state index is 0.0441. The van der Waals surface area contributed by atoms with E-state index in [0.29, 0.717) is 36.0 Å². The zero-order valence-corrected chi connectivity index (χ0v) is 23.6. The van der Waals surface area contributed by atoms with Crippen LogP contribution in [0.25, 0.3) is 5.69 Å². The topological polar surface area (TPSA) is 95.7 Å². The molecule has 1 amide bonds. The van der Waals surface area contributed by atoms with E-state index in [2.05, 4.69) is 0 Å². The molecule has 5 rings (SSSR count). The van der Waals surface area contributed by atoms with Crippen molar-refractivity contribution in [3.05, 3.63) is 82.0 Å². The van der Waals surface area contributed by atoms with Gasteiger partial charge in [0, 0.05) is 38.2 Å². The van der Waals surface area contributed by atoms with Gasteiger partial charge in [-0.25, -0.2) is 14.2 Å². The van der Waals surface area contributed by atoms with E-state index in [4.69, 9.17) is 14.9 Å². The van der Waals surface area contributed by atoms with Gasteiger partial charge in [0.05, 0.1) is 29.2 Å². The Balaban J connectivity index is 0.000000517. The van der Waals surface area contributed by atoms with Gasteiger partial charge in [0.1, 0.15) is 5.82 Å². The van der Waals surface area contributed by atoms with Crippen LogP contribution in [-0.2, 0) is 22.6 Å². The molecule has 0 spiro atoms. The molecule has 0 atom stereocenters. The number of carboxylic acids is 1. The molecule has 8 nitrogen and oxygen atoms in total. The Bertz CT molecular complexity index is 1480. The maximum absolute atomic E-state index is 14.1. The van der Waals surface area contributed by atoms with Crippen LogP contribution in [0.4, 0.5) is 23.2 Å². The number of carbonyl (C=O) groups excluding carboxylic acids is 1. The van der Waals surface area contributed by atoms with Crippen LogP contribution in [0.15, 0.2) is 64.5 Å². The third-order valence-electron chi connectivity index (χ3n) is 7.06. The smallest absolute Gasteiger partial charge is 0.475 e. The lowest BCUT2D eigenvalue weighted by Gasteiger charge is -2.31. The number of para-hydroxylation sites is 2. The van der Waals surface area contributed by atoms with Crippen molar-refractivity contribution in [3.63, 3.8) is 0 Å². The van der Waals surface area contributed by atoms with Crippen LogP contribution >= 0.6 is 11.8 Å². The predicted octanol–water partition coefficient (Wildman–Crippen LogP) is 5.06. The molecule has 1 aliphatic carbocycles. The molecule has 0 radical (unpaired) electrons. The van der Waals surface area contributed by atoms with Crippen molar-refractivity contribution in [2.45, 2.75) is 55.2 Å². The highest BCUT2D eigenvalue weighted by molar-refractivity contribution is 7.99. The minimum Gasteiger partial charge on any atom is -0.475 e. The molecule has 2 aliphatic rings. The highest BCUT2D eigenvalue weighted by atomic mass is 32.2. The van der Waals surface area contributed by atoms with Crippen molar-refractivity contribution in [2.24, 2.45) is 0 Å². The maximum Gasteiger partial charge on any atom is 0.490 e. The van der Waals surface area contributed by atoms with Crippen molar-refractivity contribution in [2.75, 3.05) is 25.0 Å². The van der Waals surface area contributed by atoms with Gasteiger partial charge in [-0.05, 0) is 37.1 Å². The van der Waals surface area contributed by atoms with Gasteiger partial charge in [0.25, 0.3) is 5.56 Å². The number of hydrogen-bond acceptors (Lipinski definition) is 6. The first-order valence-electron chi connectivity index (χ1n) is 13.4. The van der Waals surface area contributed by atoms with Gasteiger partial charge >= 0.3 is 12.1 Å². The number of alkyl halides is 3. The number of aromatic nitrogens is 2. The Kier molecular flexibility index (Phi) is 9.92. The molecule has 1 saturated carbocycles. The molecule has 1 aliphatic heterocycles. The number of thioether (sulfide) groups is 1. The molecule has 1 aromatic heterocycles. The van der Waals surface area contributed by atoms with Gasteiger partial charge in [0.2, 0.25) is 5.91 Å². The minimum atomic E-state index is -5.08. The zero-order chi connectivity index (χ0) is 30.4. The van der Waals surface area contributed by atoms with Gasteiger partial charge in [-0.1, -0.05) is 48.5 Å². The maximum atomic E-state index is 14.1. The van der Waals surface area contributed by atoms with E-state index in [9.17, 15) is 27.2 Å². The van der Waals surface area contributed by atoms with Crippen molar-refractivity contribution in [3.8, 4) is 5.69 Å². The number of aliphatic carboxylic acids is 1. The number of carbonyl (C=O) groups is 2. The van der Waals surface area contributed by atoms with Crippen LogP contribution in [0.3, 0.4) is 0 Å². The Labute approximate surface area is 244 Å². The molecule has 1 fully saturated rings. The van der Waals surface area contributed by atoms with Crippen LogP contribution in [0.2, 0.25) is 0 Å². The predicted molar refractivity (Wildman–Crippen MR) is 150 cm³/mol. The monoisotopic (exact) mass is 606 g/mol. The third-order valence-corrected chi connectivity index (χ3v) is 8.35. The average Bonchev–Trinajstić information content (AvgIpc) is 2.94. The number of rotatable bonds is 7. The molecule has 3 aromatic rings. The van der Waals surface area contributed by atoms with Gasteiger partial charge in [-0.15, -0.1) is 0 Å². The van der Waals surface area contributed by atoms with E-state index in [1.807, 2.05) is 30.3 Å². The van der Waals surface area contributed by atoms with Crippen LogP contribution in [0.5, 0.6) is 0 Å². The molecule has 0 bridgehead atoms. The fourth-order valence-electron chi connectivity index (χ4n) is 4.49. The number of amides is 1. The quantitative estimate of drug-likeness (QED) is 0.297. The standard InChI is InChI=1S/C27H29FN4O2S.C2HF3O2/c1-30(24-13-6-5-12-22(24)28)16-15-25(33)31-17-14-23-21(18-31)26(34)32(19-8-3-2-4-9-19)27(29-23)35-20-10-7-11-20;3-2(4,5)1(6)7/h2-6,8-9,12-13,20H,7,10-11,14-18H2,1H3;(H,6,7). The largest absolute Gasteiger partial charge is 0.490 e. The summed E-state index contributed by atoms with van der Waals surface area (Å²) in [5.41, 5.74) is 2.56. The van der Waals surface area contributed by atoms with E-state index in [0.717, 1.165) is 29.4 Å². The highest BCUT2D eigenvalue weighted by Gasteiger charge is 2.38. The second-order valence-electron chi connectivity index (χ2n) is 9.96. The highest BCUT2D eigenvalue weighted by Crippen LogP contribution is 2.36. The fourth-order valence-corrected chi connectivity index (χ4v) is 5.82. The van der Waals surface area contributed by atoms with Crippen molar-refractivity contribution in [1.29, 1.82) is 0 Å². The second-order valence-corrected chi connectivity index (χ2v) is 11.2. The van der Waals surface area contributed by atoms with Gasteiger partial charge in [0.15, 0.2) is 5.16 Å². The Morgan fingerprint density at radius 3 is 2.33 bits per heavy atom. The molecule has 1 N–H and O–H groups in total. The number of carboxylic acid groups (broad SMARTS) is 1. The molecule has 2 aromatic carbocycles. The summed E-state index contributed by atoms with van der Waals surface area (Å²) >= 11 is 1.69. The summed E-state index contributed by atoms with van der Waals surface area (Å²) in [6, 6.07) is 16.1. The lowest BCUT2D eigenvalue weighted by molar-refractivity contribution is -0.192. The van der Waals surface area contributed by atoms with Crippen molar-refractivity contribution >= 4 is 29.3 Å². The van der Waals surface area contributed by atoms with Crippen LogP contribution in [0.1, 0.15) is 36.9 Å². The van der Waals surface area contributed by atoms with Crippen molar-refractivity contribution in [1.82, 2.24) is 14.5 Å². The first-order valence-corrected chi connectivity index (χ1v) is 14.2. The lowest BCUT2D eigenvalue weighted by Crippen LogP contribution is -2.42. The number of halogens is 4. The second kappa shape index (κ2) is 13.4. The van der Waals surface area contributed by atoms with Crippen molar-refractivity contribution < 1.29 is 32.3 Å². The molecular formula is C29H30F4N4O4S. The molecule has 224 valence electrons. The van der Waals surface area contributed by atoms with E-state index < -0.39 is 12.1 Å². The normalized spacial score (nSPS) is 14.7. The summed E-state index contributed by atoms with van der Waals surface area (Å²) in [5, 5.41) is 8.37. The van der Waals surface area contributed by atoms with Gasteiger partial charge < -0.3 is 14.9 Å². The third kappa shape index (κ3) is 7.50. The molecule has 0 saturated heterocycles. The molecule has 13 heteroatoms. The van der Waals surface area contributed by atoms with E-state index >= 15 is 0 Å². The Morgan fingerprint density at radius 1 is 1.10 bits per heavy atom. The van der Waals surface area contributed by atoms with Crippen LogP contribution in [0, 0.1) is 5.82 Å². The average molecular weight is 607 g/mol. The van der Waals surface area contributed by atoms with Crippen LogP contribution < -0.4 is 10.5 Å². The summed E-state index contributed by atoms with van der Waals surface area (Å²) in [6.45, 7) is 1.18. The Hall–Kier alpha value is -3.87. The summed E-state index contributed by atoms with van der Waals surface area (Å²) in [5.74, 6) is -3.11.